The maximum Gasteiger partial charge on any atom is 0.160 e. The Hall–Kier alpha value is -7.94. The second-order valence-corrected chi connectivity index (χ2v) is 19.1. The van der Waals surface area contributed by atoms with Crippen LogP contribution in [0.1, 0.15) is 73.6 Å². The van der Waals surface area contributed by atoms with Crippen molar-refractivity contribution >= 4 is 17.2 Å². The number of fused-ring (bicyclic) bond motifs is 6. The average Bonchev–Trinajstić information content (AvgIpc) is 3.75. The van der Waals surface area contributed by atoms with E-state index in [-0.39, 0.29) is 10.8 Å². The molecular formula is C65H52N2. The van der Waals surface area contributed by atoms with Crippen molar-refractivity contribution < 1.29 is 0 Å². The van der Waals surface area contributed by atoms with Crippen LogP contribution in [-0.4, -0.2) is 11.5 Å². The maximum atomic E-state index is 5.44. The molecule has 67 heavy (non-hydrogen) atoms. The van der Waals surface area contributed by atoms with E-state index >= 15 is 0 Å². The molecule has 0 N–H and O–H groups in total. The van der Waals surface area contributed by atoms with E-state index in [1.165, 1.54) is 55.6 Å². The molecule has 0 spiro atoms. The molecule has 11 rings (SSSR count). The highest BCUT2D eigenvalue weighted by Crippen LogP contribution is 2.51. The lowest BCUT2D eigenvalue weighted by Crippen LogP contribution is -2.15. The minimum absolute atomic E-state index is 0.138. The molecule has 0 radical (unpaired) electrons. The van der Waals surface area contributed by atoms with Crippen LogP contribution >= 0.6 is 0 Å². The molecule has 2 heteroatoms. The SMILES string of the molecule is C=C(/N=C(\N=C(/C)c1ccc(-c2ccccc2)cc1)c1cc(-c2ccc3c(c2)C(C)(C)c2ccccc2-3)cc(-c2ccc3c(c2)C(C)(C)c2ccccc2-3)c1)c1ccc(-c2ccccc2)cc1. The van der Waals surface area contributed by atoms with Crippen molar-refractivity contribution in [1.29, 1.82) is 0 Å². The van der Waals surface area contributed by atoms with E-state index in [1.807, 2.05) is 6.07 Å². The molecule has 0 amide bonds. The summed E-state index contributed by atoms with van der Waals surface area (Å²) < 4.78 is 0. The van der Waals surface area contributed by atoms with E-state index in [0.717, 1.165) is 55.8 Å². The molecule has 0 unspecified atom stereocenters. The van der Waals surface area contributed by atoms with Crippen LogP contribution in [-0.2, 0) is 10.8 Å². The first-order valence-corrected chi connectivity index (χ1v) is 23.3. The van der Waals surface area contributed by atoms with Crippen molar-refractivity contribution in [3.8, 4) is 66.8 Å². The van der Waals surface area contributed by atoms with E-state index in [1.54, 1.807) is 0 Å². The van der Waals surface area contributed by atoms with E-state index in [9.17, 15) is 0 Å². The Bertz CT molecular complexity index is 3310. The number of hydrogen-bond acceptors (Lipinski definition) is 1. The third-order valence-electron chi connectivity index (χ3n) is 14.3. The Balaban J connectivity index is 1.08. The van der Waals surface area contributed by atoms with Crippen LogP contribution in [0.5, 0.6) is 0 Å². The summed E-state index contributed by atoms with van der Waals surface area (Å²) in [5.74, 6) is 0.604. The summed E-state index contributed by atoms with van der Waals surface area (Å²) in [6, 6.07) is 76.8. The lowest BCUT2D eigenvalue weighted by Gasteiger charge is -2.22. The summed E-state index contributed by atoms with van der Waals surface area (Å²) in [5, 5.41) is 0. The molecule has 0 aliphatic heterocycles. The first kappa shape index (κ1) is 41.7. The minimum Gasteiger partial charge on any atom is -0.233 e. The van der Waals surface area contributed by atoms with Gasteiger partial charge < -0.3 is 0 Å². The standard InChI is InChI=1S/C65H52N2/c1-42(44-25-29-48(30-26-44)46-17-9-7-10-18-46)66-63(67-43(2)45-27-31-49(32-28-45)47-19-11-8-12-20-47)54-38-52(50-33-35-57-55-21-13-15-23-59(55)64(3,4)61(57)40-50)37-53(39-54)51-34-36-58-56-22-14-16-24-60(56)65(5,6)62(58)41-51/h7-41H,1H2,2-6H3/b66-63-,67-43+. The van der Waals surface area contributed by atoms with Crippen molar-refractivity contribution in [3.05, 3.63) is 258 Å². The minimum atomic E-state index is -0.138. The zero-order valence-electron chi connectivity index (χ0n) is 38.8. The molecule has 9 aromatic rings. The molecule has 2 aliphatic carbocycles. The normalized spacial score (nSPS) is 14.2. The van der Waals surface area contributed by atoms with Gasteiger partial charge in [-0.05, 0) is 137 Å². The van der Waals surface area contributed by atoms with Gasteiger partial charge in [-0.3, -0.25) is 0 Å². The fraction of sp³-hybridized carbons (Fsp3) is 0.108. The van der Waals surface area contributed by atoms with Gasteiger partial charge in [0.1, 0.15) is 0 Å². The molecule has 0 saturated carbocycles. The van der Waals surface area contributed by atoms with Gasteiger partial charge in [0.2, 0.25) is 0 Å². The number of aliphatic imine (C=N–C) groups is 2. The highest BCUT2D eigenvalue weighted by atomic mass is 14.9. The van der Waals surface area contributed by atoms with Crippen molar-refractivity contribution in [3.63, 3.8) is 0 Å². The predicted molar refractivity (Wildman–Crippen MR) is 284 cm³/mol. The van der Waals surface area contributed by atoms with Gasteiger partial charge in [0.25, 0.3) is 0 Å². The molecule has 0 aromatic heterocycles. The Morgan fingerprint density at radius 1 is 0.328 bits per heavy atom. The highest BCUT2D eigenvalue weighted by Gasteiger charge is 2.36. The molecule has 0 heterocycles. The molecule has 0 saturated heterocycles. The van der Waals surface area contributed by atoms with Gasteiger partial charge in [-0.15, -0.1) is 0 Å². The van der Waals surface area contributed by atoms with Gasteiger partial charge in [-0.1, -0.05) is 216 Å². The summed E-state index contributed by atoms with van der Waals surface area (Å²) in [7, 11) is 0. The fourth-order valence-electron chi connectivity index (χ4n) is 10.4. The van der Waals surface area contributed by atoms with Crippen molar-refractivity contribution in [1.82, 2.24) is 0 Å². The van der Waals surface area contributed by atoms with Crippen LogP contribution in [0.15, 0.2) is 229 Å². The third-order valence-corrected chi connectivity index (χ3v) is 14.3. The van der Waals surface area contributed by atoms with Crippen molar-refractivity contribution in [2.75, 3.05) is 0 Å². The molecule has 2 nitrogen and oxygen atoms in total. The topological polar surface area (TPSA) is 24.7 Å². The van der Waals surface area contributed by atoms with Gasteiger partial charge in [-0.2, -0.15) is 0 Å². The second-order valence-electron chi connectivity index (χ2n) is 19.1. The average molecular weight is 861 g/mol. The van der Waals surface area contributed by atoms with Gasteiger partial charge in [0.05, 0.1) is 5.70 Å². The largest absolute Gasteiger partial charge is 0.233 e. The second kappa shape index (κ2) is 16.5. The number of benzene rings is 9. The summed E-state index contributed by atoms with van der Waals surface area (Å²) in [5.41, 5.74) is 24.0. The Morgan fingerprint density at radius 3 is 1.19 bits per heavy atom. The maximum absolute atomic E-state index is 5.44. The zero-order chi connectivity index (χ0) is 45.9. The number of rotatable bonds is 8. The van der Waals surface area contributed by atoms with Gasteiger partial charge in [0.15, 0.2) is 5.84 Å². The van der Waals surface area contributed by atoms with Crippen molar-refractivity contribution in [2.24, 2.45) is 9.98 Å². The smallest absolute Gasteiger partial charge is 0.160 e. The third kappa shape index (κ3) is 7.49. The van der Waals surface area contributed by atoms with Crippen LogP contribution in [0.2, 0.25) is 0 Å². The lowest BCUT2D eigenvalue weighted by molar-refractivity contribution is 0.660. The van der Waals surface area contributed by atoms with Gasteiger partial charge in [-0.25, -0.2) is 9.98 Å². The van der Waals surface area contributed by atoms with Crippen LogP contribution < -0.4 is 0 Å². The first-order chi connectivity index (χ1) is 32.5. The molecule has 9 aromatic carbocycles. The Morgan fingerprint density at radius 2 is 0.716 bits per heavy atom. The molecular weight excluding hydrogens is 809 g/mol. The Kier molecular flexibility index (Phi) is 10.3. The summed E-state index contributed by atoms with van der Waals surface area (Å²) in [4.78, 5) is 10.8. The van der Waals surface area contributed by atoms with Crippen LogP contribution in [0.25, 0.3) is 72.5 Å². The van der Waals surface area contributed by atoms with E-state index < -0.39 is 0 Å². The van der Waals surface area contributed by atoms with E-state index in [4.69, 9.17) is 9.98 Å². The predicted octanol–water partition coefficient (Wildman–Crippen LogP) is 16.9. The highest BCUT2D eigenvalue weighted by molar-refractivity contribution is 6.13. The van der Waals surface area contributed by atoms with E-state index in [2.05, 4.69) is 247 Å². The quantitative estimate of drug-likeness (QED) is 0.107. The monoisotopic (exact) mass is 860 g/mol. The molecule has 0 fully saturated rings. The summed E-state index contributed by atoms with van der Waals surface area (Å²) in [6.07, 6.45) is 0. The van der Waals surface area contributed by atoms with Crippen LogP contribution in [0, 0.1) is 0 Å². The van der Waals surface area contributed by atoms with Gasteiger partial charge in [0, 0.05) is 22.1 Å². The molecule has 322 valence electrons. The number of nitrogens with zero attached hydrogens (tertiary/aromatic N) is 2. The number of hydrogen-bond donors (Lipinski definition) is 0. The van der Waals surface area contributed by atoms with Crippen LogP contribution in [0.3, 0.4) is 0 Å². The lowest BCUT2D eigenvalue weighted by atomic mass is 9.81. The molecule has 2 aliphatic rings. The first-order valence-electron chi connectivity index (χ1n) is 23.3. The zero-order valence-corrected chi connectivity index (χ0v) is 38.8. The Labute approximate surface area is 395 Å². The molecule has 0 bridgehead atoms. The van der Waals surface area contributed by atoms with Gasteiger partial charge >= 0.3 is 0 Å². The summed E-state index contributed by atoms with van der Waals surface area (Å²) >= 11 is 0. The van der Waals surface area contributed by atoms with Crippen molar-refractivity contribution in [2.45, 2.75) is 45.4 Å². The fourth-order valence-corrected chi connectivity index (χ4v) is 10.4. The summed E-state index contributed by atoms with van der Waals surface area (Å²) in [6.45, 7) is 16.0. The molecule has 0 atom stereocenters. The van der Waals surface area contributed by atoms with Crippen LogP contribution in [0.4, 0.5) is 0 Å². The number of amidine groups is 1. The van der Waals surface area contributed by atoms with E-state index in [0.29, 0.717) is 11.5 Å².